The fraction of sp³-hybridized carbons (Fsp3) is 0.304. The molecular weight excluding hydrogens is 386 g/mol. The van der Waals surface area contributed by atoms with Crippen molar-refractivity contribution in [3.8, 4) is 17.2 Å². The zero-order valence-electron chi connectivity index (χ0n) is 18.1. The van der Waals surface area contributed by atoms with Crippen molar-refractivity contribution in [1.29, 1.82) is 0 Å². The van der Waals surface area contributed by atoms with Crippen LogP contribution in [0.4, 0.5) is 5.69 Å². The quantitative estimate of drug-likeness (QED) is 0.523. The second-order valence-electron chi connectivity index (χ2n) is 6.71. The van der Waals surface area contributed by atoms with Crippen molar-refractivity contribution in [2.45, 2.75) is 20.8 Å². The number of rotatable bonds is 8. The molecule has 0 bridgehead atoms. The zero-order chi connectivity index (χ0) is 22.3. The van der Waals surface area contributed by atoms with Crippen molar-refractivity contribution in [2.24, 2.45) is 0 Å². The Morgan fingerprint density at radius 3 is 2.00 bits per heavy atom. The van der Waals surface area contributed by atoms with Crippen LogP contribution in [0.15, 0.2) is 30.3 Å². The van der Waals surface area contributed by atoms with Crippen molar-refractivity contribution in [2.75, 3.05) is 33.3 Å². The highest BCUT2D eigenvalue weighted by Gasteiger charge is 2.12. The molecule has 2 aromatic rings. The molecule has 0 saturated heterocycles. The van der Waals surface area contributed by atoms with Crippen LogP contribution in [0, 0.1) is 20.8 Å². The lowest BCUT2D eigenvalue weighted by molar-refractivity contribution is -0.142. The molecule has 0 spiro atoms. The highest BCUT2D eigenvalue weighted by atomic mass is 16.5. The summed E-state index contributed by atoms with van der Waals surface area (Å²) < 4.78 is 20.8. The van der Waals surface area contributed by atoms with Gasteiger partial charge in [-0.25, -0.2) is 4.79 Å². The lowest BCUT2D eigenvalue weighted by atomic mass is 10.1. The molecule has 0 aliphatic carbocycles. The summed E-state index contributed by atoms with van der Waals surface area (Å²) in [6.45, 7) is 5.44. The Morgan fingerprint density at radius 2 is 1.43 bits per heavy atom. The molecule has 1 N–H and O–H groups in total. The lowest BCUT2D eigenvalue weighted by Crippen LogP contribution is -2.21. The van der Waals surface area contributed by atoms with Gasteiger partial charge in [-0.15, -0.1) is 0 Å². The molecule has 2 rings (SSSR count). The van der Waals surface area contributed by atoms with E-state index in [2.05, 4.69) is 5.32 Å². The number of nitrogens with one attached hydrogen (secondary N) is 1. The van der Waals surface area contributed by atoms with Gasteiger partial charge < -0.3 is 24.3 Å². The second-order valence-corrected chi connectivity index (χ2v) is 6.71. The summed E-state index contributed by atoms with van der Waals surface area (Å²) in [5.74, 6) is 0.441. The van der Waals surface area contributed by atoms with E-state index in [-0.39, 0.29) is 6.61 Å². The number of benzene rings is 2. The normalized spacial score (nSPS) is 10.6. The summed E-state index contributed by atoms with van der Waals surface area (Å²) in [4.78, 5) is 24.2. The summed E-state index contributed by atoms with van der Waals surface area (Å²) in [7, 11) is 4.55. The van der Waals surface area contributed by atoms with Crippen LogP contribution in [0.2, 0.25) is 0 Å². The third kappa shape index (κ3) is 5.76. The van der Waals surface area contributed by atoms with Gasteiger partial charge in [0.1, 0.15) is 5.75 Å². The molecule has 0 unspecified atom stereocenters. The average Bonchev–Trinajstić information content (AvgIpc) is 2.72. The molecule has 7 heteroatoms. The molecule has 0 atom stereocenters. The number of amides is 1. The molecule has 30 heavy (non-hydrogen) atoms. The second kappa shape index (κ2) is 10.3. The number of esters is 1. The van der Waals surface area contributed by atoms with Gasteiger partial charge >= 0.3 is 5.97 Å². The van der Waals surface area contributed by atoms with E-state index in [1.807, 2.05) is 32.9 Å². The lowest BCUT2D eigenvalue weighted by Gasteiger charge is -2.13. The van der Waals surface area contributed by atoms with Crippen LogP contribution in [-0.4, -0.2) is 39.8 Å². The molecule has 0 aliphatic rings. The van der Waals surface area contributed by atoms with E-state index in [1.54, 1.807) is 12.1 Å². The highest BCUT2D eigenvalue weighted by Crippen LogP contribution is 2.35. The van der Waals surface area contributed by atoms with Crippen LogP contribution in [0.3, 0.4) is 0 Å². The summed E-state index contributed by atoms with van der Waals surface area (Å²) in [5.41, 5.74) is 4.35. The van der Waals surface area contributed by atoms with Crippen molar-refractivity contribution in [3.05, 3.63) is 52.6 Å². The largest absolute Gasteiger partial charge is 0.496 e. The third-order valence-corrected chi connectivity index (χ3v) is 4.42. The Labute approximate surface area is 176 Å². The van der Waals surface area contributed by atoms with Crippen LogP contribution in [0.5, 0.6) is 17.2 Å². The van der Waals surface area contributed by atoms with Crippen LogP contribution < -0.4 is 19.5 Å². The fourth-order valence-corrected chi connectivity index (χ4v) is 3.08. The van der Waals surface area contributed by atoms with E-state index in [4.69, 9.17) is 18.9 Å². The molecule has 1 amide bonds. The SMILES string of the molecule is COc1cc(OC)c(OC)cc1/C=C/C(=O)OCC(=O)Nc1c(C)cc(C)cc1C. The van der Waals surface area contributed by atoms with Crippen LogP contribution >= 0.6 is 0 Å². The molecule has 0 saturated carbocycles. The number of methoxy groups -OCH3 is 3. The smallest absolute Gasteiger partial charge is 0.331 e. The Hall–Kier alpha value is -3.48. The van der Waals surface area contributed by atoms with Crippen molar-refractivity contribution < 1.29 is 28.5 Å². The van der Waals surface area contributed by atoms with Gasteiger partial charge in [-0.3, -0.25) is 4.79 Å². The fourth-order valence-electron chi connectivity index (χ4n) is 3.08. The minimum atomic E-state index is -0.653. The zero-order valence-corrected chi connectivity index (χ0v) is 18.1. The first-order chi connectivity index (χ1) is 14.3. The van der Waals surface area contributed by atoms with E-state index in [0.29, 0.717) is 22.8 Å². The highest BCUT2D eigenvalue weighted by molar-refractivity contribution is 5.95. The molecule has 160 valence electrons. The van der Waals surface area contributed by atoms with Gasteiger partial charge in [-0.2, -0.15) is 0 Å². The molecule has 0 aromatic heterocycles. The summed E-state index contributed by atoms with van der Waals surface area (Å²) in [5, 5.41) is 2.79. The van der Waals surface area contributed by atoms with Gasteiger partial charge in [0, 0.05) is 23.4 Å². The van der Waals surface area contributed by atoms with E-state index in [1.165, 1.54) is 33.5 Å². The maximum atomic E-state index is 12.2. The number of anilines is 1. The van der Waals surface area contributed by atoms with Gasteiger partial charge in [-0.1, -0.05) is 17.7 Å². The first-order valence-electron chi connectivity index (χ1n) is 9.31. The first-order valence-corrected chi connectivity index (χ1v) is 9.31. The Kier molecular flexibility index (Phi) is 7.86. The average molecular weight is 413 g/mol. The van der Waals surface area contributed by atoms with Crippen molar-refractivity contribution in [3.63, 3.8) is 0 Å². The molecular formula is C23H27NO6. The van der Waals surface area contributed by atoms with Crippen LogP contribution in [0.25, 0.3) is 6.08 Å². The van der Waals surface area contributed by atoms with Gasteiger partial charge in [0.2, 0.25) is 0 Å². The van der Waals surface area contributed by atoms with E-state index < -0.39 is 11.9 Å². The van der Waals surface area contributed by atoms with Crippen molar-refractivity contribution >= 4 is 23.6 Å². The molecule has 0 radical (unpaired) electrons. The van der Waals surface area contributed by atoms with Gasteiger partial charge in [0.15, 0.2) is 18.1 Å². The maximum absolute atomic E-state index is 12.2. The number of carbonyl (C=O) groups is 2. The Balaban J connectivity index is 2.01. The maximum Gasteiger partial charge on any atom is 0.331 e. The molecule has 0 fully saturated rings. The van der Waals surface area contributed by atoms with Gasteiger partial charge in [0.05, 0.1) is 21.3 Å². The predicted molar refractivity (Wildman–Crippen MR) is 115 cm³/mol. The Bertz CT molecular complexity index is 941. The minimum absolute atomic E-state index is 0.390. The minimum Gasteiger partial charge on any atom is -0.496 e. The standard InChI is InChI=1S/C23H27NO6/c1-14-9-15(2)23(16(3)10-14)24-21(25)13-30-22(26)8-7-17-11-19(28-5)20(29-6)12-18(17)27-4/h7-12H,13H2,1-6H3,(H,24,25)/b8-7+. The topological polar surface area (TPSA) is 83.1 Å². The summed E-state index contributed by atoms with van der Waals surface area (Å²) in [6, 6.07) is 7.29. The molecule has 2 aromatic carbocycles. The third-order valence-electron chi connectivity index (χ3n) is 4.42. The first kappa shape index (κ1) is 22.8. The number of aryl methyl sites for hydroxylation is 3. The Morgan fingerprint density at radius 1 is 0.867 bits per heavy atom. The van der Waals surface area contributed by atoms with Crippen LogP contribution in [0.1, 0.15) is 22.3 Å². The van der Waals surface area contributed by atoms with E-state index >= 15 is 0 Å². The van der Waals surface area contributed by atoms with Crippen molar-refractivity contribution in [1.82, 2.24) is 0 Å². The predicted octanol–water partition coefficient (Wildman–Crippen LogP) is 3.83. The number of hydrogen-bond acceptors (Lipinski definition) is 6. The van der Waals surface area contributed by atoms with Gasteiger partial charge in [0.25, 0.3) is 5.91 Å². The molecule has 0 heterocycles. The van der Waals surface area contributed by atoms with Gasteiger partial charge in [-0.05, 0) is 44.0 Å². The number of hydrogen-bond donors (Lipinski definition) is 1. The number of carbonyl (C=O) groups excluding carboxylic acids is 2. The summed E-state index contributed by atoms with van der Waals surface area (Å²) in [6.07, 6.45) is 2.74. The number of ether oxygens (including phenoxy) is 4. The van der Waals surface area contributed by atoms with Crippen LogP contribution in [-0.2, 0) is 14.3 Å². The summed E-state index contributed by atoms with van der Waals surface area (Å²) >= 11 is 0. The van der Waals surface area contributed by atoms with E-state index in [0.717, 1.165) is 22.4 Å². The molecule has 7 nitrogen and oxygen atoms in total. The molecule has 0 aliphatic heterocycles. The van der Waals surface area contributed by atoms with E-state index in [9.17, 15) is 9.59 Å². The monoisotopic (exact) mass is 413 g/mol.